The van der Waals surface area contributed by atoms with E-state index in [1.54, 1.807) is 0 Å². The number of unbranched alkanes of at least 4 members (excludes halogenated alkanes) is 30. The Bertz CT molecular complexity index is 1060. The molecule has 0 bridgehead atoms. The van der Waals surface area contributed by atoms with E-state index in [1.807, 2.05) is 0 Å². The minimum Gasteiger partial charge on any atom is -0.480 e. The van der Waals surface area contributed by atoms with Crippen LogP contribution in [-0.4, -0.2) is 60.5 Å². The summed E-state index contributed by atoms with van der Waals surface area (Å²) in [5.74, 6) is -1.77. The number of carboxylic acids is 1. The highest BCUT2D eigenvalue weighted by Crippen LogP contribution is 2.43. The molecule has 3 unspecified atom stereocenters. The van der Waals surface area contributed by atoms with Crippen LogP contribution in [0.2, 0.25) is 0 Å². The molecule has 0 fully saturated rings. The number of hydrogen-bond acceptors (Lipinski definition) is 8. The fraction of sp³-hybridized carbons (Fsp3) is 0.878. The highest BCUT2D eigenvalue weighted by atomic mass is 31.2. The zero-order valence-corrected chi connectivity index (χ0v) is 39.7. The molecule has 11 heteroatoms. The average Bonchev–Trinajstić information content (AvgIpc) is 3.23. The molecule has 4 N–H and O–H groups in total. The molecule has 10 nitrogen and oxygen atoms in total. The molecule has 0 amide bonds. The standard InChI is InChI=1S/C49H94NO9P/c1-3-5-7-9-11-13-15-17-19-21-22-23-24-25-27-29-31-33-35-37-39-41-48(51)59-46(44-57-60(54,55)58-45-47(50)49(52)53)43-56-42-40-38-36-34-32-30-28-26-20-18-16-14-12-10-8-6-4-2/h15,17,21-22,46-47H,3-14,16,18-20,23-45,50H2,1-2H3,(H,52,53)(H,54,55)/b17-15-,22-21-. The predicted molar refractivity (Wildman–Crippen MR) is 249 cm³/mol. The molecule has 3 atom stereocenters. The van der Waals surface area contributed by atoms with E-state index in [9.17, 15) is 19.0 Å². The Kier molecular flexibility index (Phi) is 44.3. The smallest absolute Gasteiger partial charge is 0.472 e. The monoisotopic (exact) mass is 872 g/mol. The lowest BCUT2D eigenvalue weighted by Crippen LogP contribution is -2.34. The number of rotatable bonds is 48. The van der Waals surface area contributed by atoms with Gasteiger partial charge in [0, 0.05) is 13.0 Å². The van der Waals surface area contributed by atoms with Crippen LogP contribution < -0.4 is 5.73 Å². The molecule has 0 aliphatic heterocycles. The molecule has 0 aromatic heterocycles. The van der Waals surface area contributed by atoms with Crippen LogP contribution >= 0.6 is 7.82 Å². The first kappa shape index (κ1) is 58.5. The van der Waals surface area contributed by atoms with Crippen molar-refractivity contribution in [3.05, 3.63) is 24.3 Å². The SMILES string of the molecule is CCCCCCC/C=C\C/C=C\CCCCCCCCCCCC(=O)OC(COCCCCCCCCCCCCCCCCCCC)COP(=O)(O)OCC(N)C(=O)O. The van der Waals surface area contributed by atoms with Gasteiger partial charge in [-0.2, -0.15) is 0 Å². The molecule has 0 saturated heterocycles. The largest absolute Gasteiger partial charge is 0.480 e. The number of hydrogen-bond donors (Lipinski definition) is 3. The summed E-state index contributed by atoms with van der Waals surface area (Å²) in [5.41, 5.74) is 5.37. The number of carbonyl (C=O) groups is 2. The van der Waals surface area contributed by atoms with Crippen LogP contribution in [-0.2, 0) is 32.7 Å². The van der Waals surface area contributed by atoms with E-state index in [2.05, 4.69) is 38.2 Å². The fourth-order valence-corrected chi connectivity index (χ4v) is 7.88. The Morgan fingerprint density at radius 2 is 0.917 bits per heavy atom. The van der Waals surface area contributed by atoms with E-state index in [0.717, 1.165) is 51.4 Å². The van der Waals surface area contributed by atoms with E-state index < -0.39 is 45.1 Å². The number of nitrogens with two attached hydrogens (primary N) is 1. The number of phosphoric acid groups is 1. The van der Waals surface area contributed by atoms with Gasteiger partial charge in [-0.05, 0) is 44.9 Å². The van der Waals surface area contributed by atoms with Crippen LogP contribution in [0.5, 0.6) is 0 Å². The maximum absolute atomic E-state index is 12.7. The maximum Gasteiger partial charge on any atom is 0.472 e. The number of ether oxygens (including phenoxy) is 2. The van der Waals surface area contributed by atoms with Gasteiger partial charge in [0.2, 0.25) is 0 Å². The van der Waals surface area contributed by atoms with Crippen molar-refractivity contribution in [2.45, 2.75) is 251 Å². The van der Waals surface area contributed by atoms with Gasteiger partial charge in [0.25, 0.3) is 0 Å². The van der Waals surface area contributed by atoms with Crippen molar-refractivity contribution in [3.8, 4) is 0 Å². The number of aliphatic carboxylic acids is 1. The molecule has 0 heterocycles. The van der Waals surface area contributed by atoms with Gasteiger partial charge in [-0.1, -0.05) is 212 Å². The van der Waals surface area contributed by atoms with Crippen LogP contribution in [0.25, 0.3) is 0 Å². The van der Waals surface area contributed by atoms with Gasteiger partial charge in [-0.15, -0.1) is 0 Å². The maximum atomic E-state index is 12.7. The second-order valence-electron chi connectivity index (χ2n) is 17.0. The number of esters is 1. The molecule has 0 aliphatic carbocycles. The summed E-state index contributed by atoms with van der Waals surface area (Å²) < 4.78 is 33.5. The third kappa shape index (κ3) is 44.5. The van der Waals surface area contributed by atoms with Gasteiger partial charge in [-0.25, -0.2) is 4.57 Å². The van der Waals surface area contributed by atoms with Crippen LogP contribution in [0.3, 0.4) is 0 Å². The van der Waals surface area contributed by atoms with Crippen LogP contribution in [0.4, 0.5) is 0 Å². The average molecular weight is 872 g/mol. The molecule has 60 heavy (non-hydrogen) atoms. The van der Waals surface area contributed by atoms with Gasteiger partial charge >= 0.3 is 19.8 Å². The van der Waals surface area contributed by atoms with Crippen molar-refractivity contribution >= 4 is 19.8 Å². The quantitative estimate of drug-likeness (QED) is 0.0233. The molecule has 354 valence electrons. The second kappa shape index (κ2) is 45.5. The third-order valence-corrected chi connectivity index (χ3v) is 11.9. The topological polar surface area (TPSA) is 155 Å². The Hall–Kier alpha value is -1.55. The summed E-state index contributed by atoms with van der Waals surface area (Å²) in [6, 6.07) is -1.47. The molecule has 0 radical (unpaired) electrons. The van der Waals surface area contributed by atoms with Crippen molar-refractivity contribution in [2.24, 2.45) is 5.73 Å². The zero-order chi connectivity index (χ0) is 44.0. The number of allylic oxidation sites excluding steroid dienone is 4. The van der Waals surface area contributed by atoms with Crippen molar-refractivity contribution in [2.75, 3.05) is 26.4 Å². The van der Waals surface area contributed by atoms with E-state index in [0.29, 0.717) is 13.0 Å². The van der Waals surface area contributed by atoms with E-state index in [1.165, 1.54) is 161 Å². The number of phosphoric ester groups is 1. The highest BCUT2D eigenvalue weighted by molar-refractivity contribution is 7.47. The second-order valence-corrected chi connectivity index (χ2v) is 18.4. The summed E-state index contributed by atoms with van der Waals surface area (Å²) in [7, 11) is -4.62. The molecular formula is C49H94NO9P. The van der Waals surface area contributed by atoms with Gasteiger partial charge in [0.1, 0.15) is 12.1 Å². The number of carboxylic acid groups (broad SMARTS) is 1. The molecule has 0 rings (SSSR count). The van der Waals surface area contributed by atoms with Crippen molar-refractivity contribution in [3.63, 3.8) is 0 Å². The van der Waals surface area contributed by atoms with Gasteiger partial charge in [-0.3, -0.25) is 18.6 Å². The Balaban J connectivity index is 4.14. The van der Waals surface area contributed by atoms with Crippen LogP contribution in [0.1, 0.15) is 239 Å². The third-order valence-electron chi connectivity index (χ3n) is 11.0. The molecule has 0 spiro atoms. The van der Waals surface area contributed by atoms with E-state index in [4.69, 9.17) is 29.4 Å². The van der Waals surface area contributed by atoms with E-state index in [-0.39, 0.29) is 13.0 Å². The molecule has 0 aromatic rings. The lowest BCUT2D eigenvalue weighted by atomic mass is 10.0. The van der Waals surface area contributed by atoms with Gasteiger partial charge < -0.3 is 25.2 Å². The normalized spacial score (nSPS) is 13.9. The molecular weight excluding hydrogens is 778 g/mol. The summed E-state index contributed by atoms with van der Waals surface area (Å²) in [6.45, 7) is 3.91. The molecule has 0 saturated carbocycles. The highest BCUT2D eigenvalue weighted by Gasteiger charge is 2.27. The van der Waals surface area contributed by atoms with Crippen molar-refractivity contribution in [1.29, 1.82) is 0 Å². The molecule has 0 aromatic carbocycles. The Morgan fingerprint density at radius 1 is 0.533 bits per heavy atom. The zero-order valence-electron chi connectivity index (χ0n) is 38.8. The summed E-state index contributed by atoms with van der Waals surface area (Å²) in [5, 5.41) is 8.92. The summed E-state index contributed by atoms with van der Waals surface area (Å²) >= 11 is 0. The van der Waals surface area contributed by atoms with Gasteiger partial charge in [0.05, 0.1) is 19.8 Å². The first-order chi connectivity index (χ1) is 29.2. The minimum absolute atomic E-state index is 0.0200. The van der Waals surface area contributed by atoms with Crippen LogP contribution in [0, 0.1) is 0 Å². The Morgan fingerprint density at radius 3 is 1.35 bits per heavy atom. The number of carbonyl (C=O) groups excluding carboxylic acids is 1. The Labute approximate surface area is 368 Å². The lowest BCUT2D eigenvalue weighted by molar-refractivity contribution is -0.154. The van der Waals surface area contributed by atoms with Gasteiger partial charge in [0.15, 0.2) is 0 Å². The van der Waals surface area contributed by atoms with Crippen molar-refractivity contribution in [1.82, 2.24) is 0 Å². The summed E-state index contributed by atoms with van der Waals surface area (Å²) in [4.78, 5) is 33.7. The fourth-order valence-electron chi connectivity index (χ4n) is 7.11. The van der Waals surface area contributed by atoms with Crippen LogP contribution in [0.15, 0.2) is 24.3 Å². The predicted octanol–water partition coefficient (Wildman–Crippen LogP) is 14.3. The first-order valence-corrected chi connectivity index (χ1v) is 26.4. The molecule has 0 aliphatic rings. The lowest BCUT2D eigenvalue weighted by Gasteiger charge is -2.20. The van der Waals surface area contributed by atoms with E-state index >= 15 is 0 Å². The first-order valence-electron chi connectivity index (χ1n) is 24.9. The van der Waals surface area contributed by atoms with Crippen molar-refractivity contribution < 1.29 is 42.7 Å². The minimum atomic E-state index is -4.62. The summed E-state index contributed by atoms with van der Waals surface area (Å²) in [6.07, 6.45) is 50.8.